The van der Waals surface area contributed by atoms with E-state index in [9.17, 15) is 9.90 Å². The Balaban J connectivity index is 2.15. The molecule has 0 saturated carbocycles. The van der Waals surface area contributed by atoms with E-state index in [-0.39, 0.29) is 16.5 Å². The minimum atomic E-state index is -0.501. The first-order chi connectivity index (χ1) is 8.68. The quantitative estimate of drug-likeness (QED) is 0.580. The Hall–Kier alpha value is -2.34. The van der Waals surface area contributed by atoms with Crippen LogP contribution in [0.2, 0.25) is 5.02 Å². The molecule has 0 atom stereocenters. The standard InChI is InChI=1S/C11H9ClN4O2/c12-10-8(6-14-16-11(10)18)15-13-5-7-3-1-2-4-9(7)17/h1-6,17H,(H2,15,16,18)/b13-5+. The predicted octanol–water partition coefficient (Wildman–Crippen LogP) is 1.57. The second-order valence-corrected chi connectivity index (χ2v) is 3.73. The van der Waals surface area contributed by atoms with Gasteiger partial charge in [0.2, 0.25) is 0 Å². The van der Waals surface area contributed by atoms with Gasteiger partial charge in [0.15, 0.2) is 0 Å². The molecule has 2 aromatic rings. The molecule has 0 radical (unpaired) electrons. The van der Waals surface area contributed by atoms with Crippen LogP contribution in [-0.2, 0) is 0 Å². The number of halogens is 1. The number of para-hydroxylation sites is 1. The molecule has 0 bridgehead atoms. The second kappa shape index (κ2) is 5.33. The third-order valence-electron chi connectivity index (χ3n) is 2.12. The number of nitrogens with zero attached hydrogens (tertiary/aromatic N) is 2. The summed E-state index contributed by atoms with van der Waals surface area (Å²) in [4.78, 5) is 11.1. The van der Waals surface area contributed by atoms with Gasteiger partial charge in [0.05, 0.1) is 12.4 Å². The van der Waals surface area contributed by atoms with Crippen molar-refractivity contribution in [2.45, 2.75) is 0 Å². The van der Waals surface area contributed by atoms with Gasteiger partial charge in [-0.3, -0.25) is 10.2 Å². The van der Waals surface area contributed by atoms with E-state index in [0.29, 0.717) is 5.56 Å². The molecule has 0 fully saturated rings. The largest absolute Gasteiger partial charge is 0.507 e. The topological polar surface area (TPSA) is 90.4 Å². The van der Waals surface area contributed by atoms with Gasteiger partial charge in [-0.05, 0) is 12.1 Å². The molecule has 0 aliphatic heterocycles. The summed E-state index contributed by atoms with van der Waals surface area (Å²) in [5.74, 6) is 0.109. The van der Waals surface area contributed by atoms with E-state index < -0.39 is 5.56 Å². The fraction of sp³-hybridized carbons (Fsp3) is 0. The van der Waals surface area contributed by atoms with Gasteiger partial charge in [-0.15, -0.1) is 0 Å². The zero-order valence-electron chi connectivity index (χ0n) is 9.09. The van der Waals surface area contributed by atoms with Crippen molar-refractivity contribution >= 4 is 23.5 Å². The molecule has 1 heterocycles. The number of hydrogen-bond acceptors (Lipinski definition) is 5. The van der Waals surface area contributed by atoms with Gasteiger partial charge in [-0.1, -0.05) is 23.7 Å². The van der Waals surface area contributed by atoms with Gasteiger partial charge in [0.25, 0.3) is 5.56 Å². The number of hydrazone groups is 1. The molecule has 0 spiro atoms. The fourth-order valence-corrected chi connectivity index (χ4v) is 1.36. The molecule has 7 heteroatoms. The third kappa shape index (κ3) is 2.67. The molecule has 6 nitrogen and oxygen atoms in total. The van der Waals surface area contributed by atoms with E-state index in [4.69, 9.17) is 11.6 Å². The average molecular weight is 265 g/mol. The Morgan fingerprint density at radius 1 is 1.44 bits per heavy atom. The number of nitrogens with one attached hydrogen (secondary N) is 2. The van der Waals surface area contributed by atoms with Crippen LogP contribution in [0.5, 0.6) is 5.75 Å². The Bertz CT molecular complexity index is 639. The summed E-state index contributed by atoms with van der Waals surface area (Å²) in [5.41, 5.74) is 2.90. The highest BCUT2D eigenvalue weighted by molar-refractivity contribution is 6.32. The Morgan fingerprint density at radius 3 is 3.00 bits per heavy atom. The van der Waals surface area contributed by atoms with Crippen molar-refractivity contribution in [2.24, 2.45) is 5.10 Å². The number of aromatic amines is 1. The van der Waals surface area contributed by atoms with Crippen LogP contribution in [0.25, 0.3) is 0 Å². The molecule has 18 heavy (non-hydrogen) atoms. The molecule has 3 N–H and O–H groups in total. The maximum absolute atomic E-state index is 11.1. The van der Waals surface area contributed by atoms with Crippen molar-refractivity contribution in [2.75, 3.05) is 5.43 Å². The maximum atomic E-state index is 11.1. The first-order valence-electron chi connectivity index (χ1n) is 4.99. The van der Waals surface area contributed by atoms with E-state index in [1.165, 1.54) is 12.4 Å². The van der Waals surface area contributed by atoms with Gasteiger partial charge in [-0.2, -0.15) is 10.2 Å². The molecule has 0 saturated heterocycles. The fourth-order valence-electron chi connectivity index (χ4n) is 1.23. The summed E-state index contributed by atoms with van der Waals surface area (Å²) in [6.45, 7) is 0. The van der Waals surface area contributed by atoms with E-state index in [2.05, 4.69) is 20.7 Å². The van der Waals surface area contributed by atoms with Crippen molar-refractivity contribution in [3.05, 3.63) is 51.4 Å². The number of phenols is 1. The number of benzene rings is 1. The third-order valence-corrected chi connectivity index (χ3v) is 2.50. The van der Waals surface area contributed by atoms with Crippen molar-refractivity contribution < 1.29 is 5.11 Å². The minimum Gasteiger partial charge on any atom is -0.507 e. The zero-order chi connectivity index (χ0) is 13.0. The van der Waals surface area contributed by atoms with E-state index in [1.54, 1.807) is 24.3 Å². The average Bonchev–Trinajstić information content (AvgIpc) is 2.37. The first kappa shape index (κ1) is 12.1. The Labute approximate surface area is 107 Å². The van der Waals surface area contributed by atoms with Crippen LogP contribution in [0.3, 0.4) is 0 Å². The van der Waals surface area contributed by atoms with Crippen LogP contribution >= 0.6 is 11.6 Å². The monoisotopic (exact) mass is 264 g/mol. The van der Waals surface area contributed by atoms with Gasteiger partial charge >= 0.3 is 0 Å². The second-order valence-electron chi connectivity index (χ2n) is 3.36. The van der Waals surface area contributed by atoms with Gasteiger partial charge in [0.1, 0.15) is 16.5 Å². The van der Waals surface area contributed by atoms with Crippen LogP contribution < -0.4 is 11.0 Å². The molecular formula is C11H9ClN4O2. The van der Waals surface area contributed by atoms with Gasteiger partial charge < -0.3 is 5.11 Å². The highest BCUT2D eigenvalue weighted by atomic mass is 35.5. The van der Waals surface area contributed by atoms with Crippen molar-refractivity contribution in [1.82, 2.24) is 10.2 Å². The lowest BCUT2D eigenvalue weighted by molar-refractivity contribution is 0.474. The molecule has 0 aliphatic rings. The minimum absolute atomic E-state index is 0.0283. The lowest BCUT2D eigenvalue weighted by atomic mass is 10.2. The van der Waals surface area contributed by atoms with Crippen LogP contribution in [0.1, 0.15) is 5.56 Å². The van der Waals surface area contributed by atoms with Crippen molar-refractivity contribution in [3.63, 3.8) is 0 Å². The lowest BCUT2D eigenvalue weighted by Gasteiger charge is -2.01. The van der Waals surface area contributed by atoms with E-state index in [1.807, 2.05) is 0 Å². The molecule has 2 rings (SSSR count). The summed E-state index contributed by atoms with van der Waals surface area (Å²) in [5, 5.41) is 19.1. The number of aromatic nitrogens is 2. The Morgan fingerprint density at radius 2 is 2.22 bits per heavy atom. The van der Waals surface area contributed by atoms with Gasteiger partial charge in [-0.25, -0.2) is 5.10 Å². The number of rotatable bonds is 3. The molecule has 1 aromatic heterocycles. The highest BCUT2D eigenvalue weighted by Crippen LogP contribution is 2.15. The summed E-state index contributed by atoms with van der Waals surface area (Å²) in [7, 11) is 0. The summed E-state index contributed by atoms with van der Waals surface area (Å²) >= 11 is 5.74. The summed E-state index contributed by atoms with van der Waals surface area (Å²) < 4.78 is 0. The summed E-state index contributed by atoms with van der Waals surface area (Å²) in [6.07, 6.45) is 2.75. The lowest BCUT2D eigenvalue weighted by Crippen LogP contribution is -2.10. The zero-order valence-corrected chi connectivity index (χ0v) is 9.85. The van der Waals surface area contributed by atoms with Crippen molar-refractivity contribution in [3.8, 4) is 5.75 Å². The van der Waals surface area contributed by atoms with Crippen LogP contribution in [0.15, 0.2) is 40.4 Å². The molecular weight excluding hydrogens is 256 g/mol. The van der Waals surface area contributed by atoms with Crippen LogP contribution in [0, 0.1) is 0 Å². The molecule has 0 unspecified atom stereocenters. The van der Waals surface area contributed by atoms with Crippen molar-refractivity contribution in [1.29, 1.82) is 0 Å². The van der Waals surface area contributed by atoms with Crippen LogP contribution in [-0.4, -0.2) is 21.5 Å². The number of hydrogen-bond donors (Lipinski definition) is 3. The van der Waals surface area contributed by atoms with E-state index in [0.717, 1.165) is 0 Å². The normalized spacial score (nSPS) is 10.7. The maximum Gasteiger partial charge on any atom is 0.285 e. The number of anilines is 1. The SMILES string of the molecule is O=c1[nH]ncc(N/N=C/c2ccccc2O)c1Cl. The predicted molar refractivity (Wildman–Crippen MR) is 69.2 cm³/mol. The molecule has 92 valence electrons. The van der Waals surface area contributed by atoms with Crippen LogP contribution in [0.4, 0.5) is 5.69 Å². The molecule has 0 aliphatic carbocycles. The molecule has 0 amide bonds. The summed E-state index contributed by atoms with van der Waals surface area (Å²) in [6, 6.07) is 6.71. The first-order valence-corrected chi connectivity index (χ1v) is 5.36. The van der Waals surface area contributed by atoms with Gasteiger partial charge in [0, 0.05) is 5.56 Å². The highest BCUT2D eigenvalue weighted by Gasteiger charge is 2.03. The number of H-pyrrole nitrogens is 1. The van der Waals surface area contributed by atoms with E-state index >= 15 is 0 Å². The number of aromatic hydroxyl groups is 1. The number of phenolic OH excluding ortho intramolecular Hbond substituents is 1. The smallest absolute Gasteiger partial charge is 0.285 e. The Kier molecular flexibility index (Phi) is 3.59. The molecule has 1 aromatic carbocycles.